The molecule has 2 nitrogen and oxygen atoms in total. The molecule has 0 saturated heterocycles. The van der Waals surface area contributed by atoms with E-state index in [-0.39, 0.29) is 5.82 Å². The quantitative estimate of drug-likeness (QED) is 0.872. The van der Waals surface area contributed by atoms with Gasteiger partial charge in [0, 0.05) is 4.47 Å². The highest BCUT2D eigenvalue weighted by Crippen LogP contribution is 2.25. The Hall–Kier alpha value is -0.900. The third-order valence-electron chi connectivity index (χ3n) is 1.80. The van der Waals surface area contributed by atoms with Crippen LogP contribution in [0.25, 0.3) is 0 Å². The number of carbonyl (C=O) groups is 1. The fourth-order valence-corrected chi connectivity index (χ4v) is 1.68. The molecule has 0 amide bonds. The van der Waals surface area contributed by atoms with Crippen LogP contribution < -0.4 is 0 Å². The molecule has 1 atom stereocenters. The number of hydrogen-bond donors (Lipinski definition) is 1. The van der Waals surface area contributed by atoms with Crippen molar-refractivity contribution >= 4 is 21.9 Å². The minimum atomic E-state index is -0.924. The largest absolute Gasteiger partial charge is 0.481 e. The van der Waals surface area contributed by atoms with E-state index in [2.05, 4.69) is 15.9 Å². The van der Waals surface area contributed by atoms with Crippen molar-refractivity contribution in [1.82, 2.24) is 0 Å². The maximum atomic E-state index is 12.6. The predicted molar refractivity (Wildman–Crippen MR) is 50.2 cm³/mol. The molecule has 13 heavy (non-hydrogen) atoms. The second-order valence-corrected chi connectivity index (χ2v) is 3.58. The summed E-state index contributed by atoms with van der Waals surface area (Å²) in [5, 5.41) is 8.71. The Morgan fingerprint density at radius 1 is 1.62 bits per heavy atom. The van der Waals surface area contributed by atoms with Gasteiger partial charge in [0.15, 0.2) is 0 Å². The average molecular weight is 247 g/mol. The van der Waals surface area contributed by atoms with Crippen molar-refractivity contribution in [3.63, 3.8) is 0 Å². The lowest BCUT2D eigenvalue weighted by atomic mass is 10.0. The van der Waals surface area contributed by atoms with E-state index in [4.69, 9.17) is 5.11 Å². The first-order valence-electron chi connectivity index (χ1n) is 3.70. The summed E-state index contributed by atoms with van der Waals surface area (Å²) in [7, 11) is 0. The molecule has 0 aliphatic rings. The van der Waals surface area contributed by atoms with Crippen LogP contribution in [-0.4, -0.2) is 11.1 Å². The highest BCUT2D eigenvalue weighted by molar-refractivity contribution is 9.10. The van der Waals surface area contributed by atoms with E-state index >= 15 is 0 Å². The summed E-state index contributed by atoms with van der Waals surface area (Å²) < 4.78 is 13.1. The molecular weight excluding hydrogens is 239 g/mol. The standard InChI is InChI=1S/C9H8BrFO2/c1-5(9(12)13)7-3-2-6(11)4-8(7)10/h2-5H,1H3,(H,12,13). The number of carboxylic acids is 1. The number of carboxylic acid groups (broad SMARTS) is 1. The van der Waals surface area contributed by atoms with Gasteiger partial charge in [0.25, 0.3) is 0 Å². The Balaban J connectivity index is 3.08. The fraction of sp³-hybridized carbons (Fsp3) is 0.222. The Bertz CT molecular complexity index is 338. The van der Waals surface area contributed by atoms with E-state index in [9.17, 15) is 9.18 Å². The van der Waals surface area contributed by atoms with Gasteiger partial charge in [-0.15, -0.1) is 0 Å². The predicted octanol–water partition coefficient (Wildman–Crippen LogP) is 2.78. The molecule has 4 heteroatoms. The van der Waals surface area contributed by atoms with Gasteiger partial charge in [-0.2, -0.15) is 0 Å². The topological polar surface area (TPSA) is 37.3 Å². The molecule has 0 aromatic heterocycles. The van der Waals surface area contributed by atoms with Gasteiger partial charge < -0.3 is 5.11 Å². The average Bonchev–Trinajstić information content (AvgIpc) is 2.03. The molecule has 0 radical (unpaired) electrons. The minimum Gasteiger partial charge on any atom is -0.481 e. The second-order valence-electron chi connectivity index (χ2n) is 2.73. The molecule has 0 aliphatic heterocycles. The fourth-order valence-electron chi connectivity index (χ4n) is 0.986. The Morgan fingerprint density at radius 2 is 2.23 bits per heavy atom. The first-order chi connectivity index (χ1) is 6.02. The molecule has 0 heterocycles. The van der Waals surface area contributed by atoms with Crippen LogP contribution in [0.3, 0.4) is 0 Å². The summed E-state index contributed by atoms with van der Waals surface area (Å²) in [4.78, 5) is 10.6. The highest BCUT2D eigenvalue weighted by atomic mass is 79.9. The lowest BCUT2D eigenvalue weighted by Crippen LogP contribution is -2.08. The van der Waals surface area contributed by atoms with Crippen LogP contribution in [-0.2, 0) is 4.79 Å². The minimum absolute atomic E-state index is 0.381. The van der Waals surface area contributed by atoms with E-state index in [0.29, 0.717) is 10.0 Å². The van der Waals surface area contributed by atoms with Gasteiger partial charge in [-0.25, -0.2) is 4.39 Å². The summed E-state index contributed by atoms with van der Waals surface area (Å²) in [6.45, 7) is 1.56. The van der Waals surface area contributed by atoms with Crippen LogP contribution in [0.5, 0.6) is 0 Å². The van der Waals surface area contributed by atoms with Crippen molar-refractivity contribution in [2.45, 2.75) is 12.8 Å². The molecule has 1 N–H and O–H groups in total. The van der Waals surface area contributed by atoms with E-state index in [1.807, 2.05) is 0 Å². The lowest BCUT2D eigenvalue weighted by molar-refractivity contribution is -0.138. The van der Waals surface area contributed by atoms with Crippen molar-refractivity contribution in [1.29, 1.82) is 0 Å². The maximum absolute atomic E-state index is 12.6. The van der Waals surface area contributed by atoms with E-state index < -0.39 is 11.9 Å². The van der Waals surface area contributed by atoms with Crippen LogP contribution in [0.4, 0.5) is 4.39 Å². The molecule has 70 valence electrons. The Morgan fingerprint density at radius 3 is 2.69 bits per heavy atom. The Kier molecular flexibility index (Phi) is 3.03. The summed E-state index contributed by atoms with van der Waals surface area (Å²) in [6, 6.07) is 3.98. The van der Waals surface area contributed by atoms with Crippen molar-refractivity contribution in [3.05, 3.63) is 34.1 Å². The van der Waals surface area contributed by atoms with E-state index in [1.165, 1.54) is 18.2 Å². The summed E-state index contributed by atoms with van der Waals surface area (Å²) in [6.07, 6.45) is 0. The van der Waals surface area contributed by atoms with Gasteiger partial charge in [-0.3, -0.25) is 4.79 Å². The first-order valence-corrected chi connectivity index (χ1v) is 4.49. The summed E-state index contributed by atoms with van der Waals surface area (Å²) >= 11 is 3.11. The first kappa shape index (κ1) is 10.2. The van der Waals surface area contributed by atoms with Gasteiger partial charge in [0.05, 0.1) is 5.92 Å². The van der Waals surface area contributed by atoms with Gasteiger partial charge in [-0.05, 0) is 24.6 Å². The molecule has 1 aromatic carbocycles. The van der Waals surface area contributed by atoms with Crippen LogP contribution >= 0.6 is 15.9 Å². The molecule has 1 rings (SSSR count). The molecule has 0 aliphatic carbocycles. The normalized spacial score (nSPS) is 12.5. The zero-order valence-corrected chi connectivity index (χ0v) is 8.51. The van der Waals surface area contributed by atoms with Gasteiger partial charge in [-0.1, -0.05) is 22.0 Å². The van der Waals surface area contributed by atoms with Gasteiger partial charge in [0.2, 0.25) is 0 Å². The number of rotatable bonds is 2. The van der Waals surface area contributed by atoms with Crippen LogP contribution in [0.2, 0.25) is 0 Å². The third kappa shape index (κ3) is 2.28. The number of benzene rings is 1. The lowest BCUT2D eigenvalue weighted by Gasteiger charge is -2.08. The smallest absolute Gasteiger partial charge is 0.310 e. The monoisotopic (exact) mass is 246 g/mol. The van der Waals surface area contributed by atoms with Crippen LogP contribution in [0.1, 0.15) is 18.4 Å². The van der Waals surface area contributed by atoms with Crippen molar-refractivity contribution in [2.24, 2.45) is 0 Å². The maximum Gasteiger partial charge on any atom is 0.310 e. The molecule has 1 unspecified atom stereocenters. The van der Waals surface area contributed by atoms with Gasteiger partial charge >= 0.3 is 5.97 Å². The molecule has 1 aromatic rings. The second kappa shape index (κ2) is 3.87. The molecule has 0 spiro atoms. The SMILES string of the molecule is CC(C(=O)O)c1ccc(F)cc1Br. The van der Waals surface area contributed by atoms with Crippen LogP contribution in [0, 0.1) is 5.82 Å². The Labute approximate surface area is 83.5 Å². The zero-order chi connectivity index (χ0) is 10.0. The van der Waals surface area contributed by atoms with Crippen molar-refractivity contribution in [2.75, 3.05) is 0 Å². The summed E-state index contributed by atoms with van der Waals surface area (Å²) in [5.74, 6) is -1.93. The number of halogens is 2. The molecule has 0 fully saturated rings. The molecular formula is C9H8BrFO2. The van der Waals surface area contributed by atoms with Crippen molar-refractivity contribution < 1.29 is 14.3 Å². The molecule has 0 saturated carbocycles. The van der Waals surface area contributed by atoms with E-state index in [0.717, 1.165) is 0 Å². The number of hydrogen-bond acceptors (Lipinski definition) is 1. The van der Waals surface area contributed by atoms with Crippen molar-refractivity contribution in [3.8, 4) is 0 Å². The van der Waals surface area contributed by atoms with Crippen LogP contribution in [0.15, 0.2) is 22.7 Å². The summed E-state index contributed by atoms with van der Waals surface area (Å²) in [5.41, 5.74) is 0.578. The van der Waals surface area contributed by atoms with E-state index in [1.54, 1.807) is 6.92 Å². The number of aliphatic carboxylic acids is 1. The third-order valence-corrected chi connectivity index (χ3v) is 2.49. The zero-order valence-electron chi connectivity index (χ0n) is 6.92. The molecule has 0 bridgehead atoms. The van der Waals surface area contributed by atoms with Gasteiger partial charge in [0.1, 0.15) is 5.82 Å². The highest BCUT2D eigenvalue weighted by Gasteiger charge is 2.16.